The van der Waals surface area contributed by atoms with Crippen LogP contribution in [0.25, 0.3) is 6.08 Å². The van der Waals surface area contributed by atoms with Crippen LogP contribution in [0, 0.1) is 17.1 Å². The van der Waals surface area contributed by atoms with Crippen LogP contribution in [0.3, 0.4) is 0 Å². The Labute approximate surface area is 188 Å². The van der Waals surface area contributed by atoms with Gasteiger partial charge in [0.2, 0.25) is 0 Å². The van der Waals surface area contributed by atoms with Gasteiger partial charge in [0, 0.05) is 11.4 Å². The number of hydrogen-bond acceptors (Lipinski definition) is 4. The van der Waals surface area contributed by atoms with E-state index in [4.69, 9.17) is 16.3 Å². The summed E-state index contributed by atoms with van der Waals surface area (Å²) in [5.74, 6) is -1.14. The van der Waals surface area contributed by atoms with Gasteiger partial charge in [0.25, 0.3) is 11.8 Å². The van der Waals surface area contributed by atoms with Gasteiger partial charge in [0.05, 0.1) is 5.02 Å². The smallest absolute Gasteiger partial charge is 0.266 e. The standard InChI is InChI=1S/C24H17ClFN3O3/c25-21-13-16(12-17(14-27)24(31)29-19-4-2-1-3-5-19)6-11-22(21)32-15-23(30)28-20-9-7-18(26)8-10-20/h1-13H,15H2,(H,28,30)(H,29,31). The van der Waals surface area contributed by atoms with E-state index >= 15 is 0 Å². The van der Waals surface area contributed by atoms with Gasteiger partial charge < -0.3 is 15.4 Å². The first-order valence-electron chi connectivity index (χ1n) is 9.40. The highest BCUT2D eigenvalue weighted by Gasteiger charge is 2.11. The molecule has 0 unspecified atom stereocenters. The van der Waals surface area contributed by atoms with Gasteiger partial charge in [-0.1, -0.05) is 35.9 Å². The maximum Gasteiger partial charge on any atom is 0.266 e. The topological polar surface area (TPSA) is 91.2 Å². The maximum atomic E-state index is 12.9. The SMILES string of the molecule is N#CC(=Cc1ccc(OCC(=O)Nc2ccc(F)cc2)c(Cl)c1)C(=O)Nc1ccccc1. The first-order valence-corrected chi connectivity index (χ1v) is 9.78. The summed E-state index contributed by atoms with van der Waals surface area (Å²) < 4.78 is 18.3. The first kappa shape index (κ1) is 22.5. The fourth-order valence-electron chi connectivity index (χ4n) is 2.63. The van der Waals surface area contributed by atoms with Gasteiger partial charge >= 0.3 is 0 Å². The Hall–Kier alpha value is -4.15. The molecule has 32 heavy (non-hydrogen) atoms. The van der Waals surface area contributed by atoms with Gasteiger partial charge in [0.15, 0.2) is 6.61 Å². The predicted molar refractivity (Wildman–Crippen MR) is 121 cm³/mol. The molecule has 0 aromatic heterocycles. The van der Waals surface area contributed by atoms with Crippen LogP contribution in [0.1, 0.15) is 5.56 Å². The van der Waals surface area contributed by atoms with Crippen LogP contribution in [0.4, 0.5) is 15.8 Å². The molecule has 0 atom stereocenters. The Morgan fingerprint density at radius 2 is 1.69 bits per heavy atom. The van der Waals surface area contributed by atoms with Gasteiger partial charge in [-0.25, -0.2) is 4.39 Å². The number of anilines is 2. The average Bonchev–Trinajstić information content (AvgIpc) is 2.79. The molecule has 0 aliphatic rings. The van der Waals surface area contributed by atoms with Crippen LogP contribution in [0.15, 0.2) is 78.4 Å². The second-order valence-electron chi connectivity index (χ2n) is 6.52. The second-order valence-corrected chi connectivity index (χ2v) is 6.93. The van der Waals surface area contributed by atoms with E-state index in [-0.39, 0.29) is 23.0 Å². The molecule has 6 nitrogen and oxygen atoms in total. The zero-order valence-corrected chi connectivity index (χ0v) is 17.4. The summed E-state index contributed by atoms with van der Waals surface area (Å²) in [6.07, 6.45) is 1.40. The molecule has 0 fully saturated rings. The molecule has 0 radical (unpaired) electrons. The van der Waals surface area contributed by atoms with Gasteiger partial charge in [-0.05, 0) is 60.2 Å². The van der Waals surface area contributed by atoms with E-state index in [0.29, 0.717) is 16.9 Å². The van der Waals surface area contributed by atoms with E-state index in [1.807, 2.05) is 12.1 Å². The number of nitrogens with one attached hydrogen (secondary N) is 2. The van der Waals surface area contributed by atoms with Crippen LogP contribution in [-0.2, 0) is 9.59 Å². The molecular weight excluding hydrogens is 433 g/mol. The van der Waals surface area contributed by atoms with Crippen molar-refractivity contribution >= 4 is 40.9 Å². The molecule has 8 heteroatoms. The third kappa shape index (κ3) is 6.42. The molecule has 0 saturated carbocycles. The highest BCUT2D eigenvalue weighted by molar-refractivity contribution is 6.32. The van der Waals surface area contributed by atoms with Crippen LogP contribution in [0.2, 0.25) is 5.02 Å². The van der Waals surface area contributed by atoms with E-state index in [1.165, 1.54) is 42.5 Å². The monoisotopic (exact) mass is 449 g/mol. The molecule has 160 valence electrons. The van der Waals surface area contributed by atoms with Crippen molar-refractivity contribution in [3.8, 4) is 11.8 Å². The minimum absolute atomic E-state index is 0.0998. The predicted octanol–water partition coefficient (Wildman–Crippen LogP) is 5.04. The van der Waals surface area contributed by atoms with Crippen LogP contribution in [0.5, 0.6) is 5.75 Å². The maximum absolute atomic E-state index is 12.9. The number of carbonyl (C=O) groups is 2. The zero-order valence-electron chi connectivity index (χ0n) is 16.6. The number of ether oxygens (including phenoxy) is 1. The minimum atomic E-state index is -0.549. The van der Waals surface area contributed by atoms with Crippen LogP contribution >= 0.6 is 11.6 Å². The lowest BCUT2D eigenvalue weighted by atomic mass is 10.1. The highest BCUT2D eigenvalue weighted by atomic mass is 35.5. The fraction of sp³-hybridized carbons (Fsp3) is 0.0417. The molecule has 2 amide bonds. The molecule has 3 aromatic rings. The number of para-hydroxylation sites is 1. The second kappa shape index (κ2) is 10.8. The summed E-state index contributed by atoms with van der Waals surface area (Å²) in [7, 11) is 0. The van der Waals surface area contributed by atoms with E-state index in [9.17, 15) is 19.2 Å². The van der Waals surface area contributed by atoms with E-state index in [1.54, 1.807) is 30.3 Å². The Morgan fingerprint density at radius 1 is 1.00 bits per heavy atom. The molecule has 0 heterocycles. The number of amides is 2. The highest BCUT2D eigenvalue weighted by Crippen LogP contribution is 2.26. The third-order valence-corrected chi connectivity index (χ3v) is 4.45. The number of rotatable bonds is 7. The first-order chi connectivity index (χ1) is 15.4. The molecular formula is C24H17ClFN3O3. The Morgan fingerprint density at radius 3 is 2.34 bits per heavy atom. The van der Waals surface area contributed by atoms with Gasteiger partial charge in [-0.15, -0.1) is 0 Å². The van der Waals surface area contributed by atoms with Crippen molar-refractivity contribution in [2.24, 2.45) is 0 Å². The minimum Gasteiger partial charge on any atom is -0.482 e. The number of nitrogens with zero attached hydrogens (tertiary/aromatic N) is 1. The molecule has 3 aromatic carbocycles. The lowest BCUT2D eigenvalue weighted by molar-refractivity contribution is -0.118. The van der Waals surface area contributed by atoms with Crippen molar-refractivity contribution in [1.29, 1.82) is 5.26 Å². The lowest BCUT2D eigenvalue weighted by Gasteiger charge is -2.09. The van der Waals surface area contributed by atoms with Gasteiger partial charge in [-0.3, -0.25) is 9.59 Å². The summed E-state index contributed by atoms with van der Waals surface area (Å²) in [5, 5.41) is 14.8. The molecule has 0 aliphatic carbocycles. The number of hydrogen-bond donors (Lipinski definition) is 2. The van der Waals surface area contributed by atoms with E-state index < -0.39 is 17.6 Å². The van der Waals surface area contributed by atoms with Crippen LogP contribution in [-0.4, -0.2) is 18.4 Å². The number of nitriles is 1. The quantitative estimate of drug-likeness (QED) is 0.390. The van der Waals surface area contributed by atoms with Crippen LogP contribution < -0.4 is 15.4 Å². The Kier molecular flexibility index (Phi) is 7.57. The summed E-state index contributed by atoms with van der Waals surface area (Å²) in [6.45, 7) is -0.310. The largest absolute Gasteiger partial charge is 0.482 e. The van der Waals surface area contributed by atoms with Gasteiger partial charge in [0.1, 0.15) is 23.2 Å². The van der Waals surface area contributed by atoms with E-state index in [0.717, 1.165) is 0 Å². The number of benzene rings is 3. The molecule has 0 bridgehead atoms. The number of halogens is 2. The van der Waals surface area contributed by atoms with Crippen molar-refractivity contribution < 1.29 is 18.7 Å². The van der Waals surface area contributed by atoms with E-state index in [2.05, 4.69) is 10.6 Å². The lowest BCUT2D eigenvalue weighted by Crippen LogP contribution is -2.20. The van der Waals surface area contributed by atoms with Crippen molar-refractivity contribution in [1.82, 2.24) is 0 Å². The van der Waals surface area contributed by atoms with Crippen molar-refractivity contribution in [3.05, 3.63) is 94.8 Å². The molecule has 0 saturated heterocycles. The normalized spacial score (nSPS) is 10.7. The Bertz CT molecular complexity index is 1190. The number of carbonyl (C=O) groups excluding carboxylic acids is 2. The van der Waals surface area contributed by atoms with Crippen molar-refractivity contribution in [2.45, 2.75) is 0 Å². The summed E-state index contributed by atoms with van der Waals surface area (Å²) in [4.78, 5) is 24.3. The Balaban J connectivity index is 1.62. The summed E-state index contributed by atoms with van der Waals surface area (Å²) in [6, 6.07) is 20.6. The summed E-state index contributed by atoms with van der Waals surface area (Å²) in [5.41, 5.74) is 1.42. The zero-order chi connectivity index (χ0) is 22.9. The molecule has 3 rings (SSSR count). The van der Waals surface area contributed by atoms with Gasteiger partial charge in [-0.2, -0.15) is 5.26 Å². The van der Waals surface area contributed by atoms with Crippen molar-refractivity contribution in [2.75, 3.05) is 17.2 Å². The van der Waals surface area contributed by atoms with Crippen molar-refractivity contribution in [3.63, 3.8) is 0 Å². The third-order valence-electron chi connectivity index (χ3n) is 4.15. The summed E-state index contributed by atoms with van der Waals surface area (Å²) >= 11 is 6.22. The fourth-order valence-corrected chi connectivity index (χ4v) is 2.88. The molecule has 0 spiro atoms. The average molecular weight is 450 g/mol. The molecule has 2 N–H and O–H groups in total. The molecule has 0 aliphatic heterocycles.